The molecule has 1 aliphatic carbocycles. The number of hydrogen-bond donors (Lipinski definition) is 2. The fraction of sp³-hybridized carbons (Fsp3) is 0.615. The van der Waals surface area contributed by atoms with Crippen molar-refractivity contribution >= 4 is 17.3 Å². The standard InChI is InChI=1S/C13H20N4O2/c1-3-7-14-11-8-10(17(18)19)9-12(15-11)16-13(2)5-4-6-13/h8-9H,3-7H2,1-2H3,(H2,14,15,16). The van der Waals surface area contributed by atoms with Crippen molar-refractivity contribution in [3.63, 3.8) is 0 Å². The van der Waals surface area contributed by atoms with Crippen LogP contribution in [0.4, 0.5) is 17.3 Å². The first-order valence-corrected chi connectivity index (χ1v) is 6.71. The summed E-state index contributed by atoms with van der Waals surface area (Å²) in [5, 5.41) is 17.4. The smallest absolute Gasteiger partial charge is 0.276 e. The average molecular weight is 264 g/mol. The first kappa shape index (κ1) is 13.6. The molecule has 1 aromatic rings. The molecule has 0 atom stereocenters. The number of hydrogen-bond acceptors (Lipinski definition) is 5. The van der Waals surface area contributed by atoms with Crippen molar-refractivity contribution in [2.45, 2.75) is 45.1 Å². The number of anilines is 2. The van der Waals surface area contributed by atoms with E-state index in [2.05, 4.69) is 22.5 Å². The molecule has 6 nitrogen and oxygen atoms in total. The summed E-state index contributed by atoms with van der Waals surface area (Å²) in [5.41, 5.74) is 0.101. The van der Waals surface area contributed by atoms with Gasteiger partial charge in [0, 0.05) is 12.1 Å². The van der Waals surface area contributed by atoms with Gasteiger partial charge in [0.2, 0.25) is 0 Å². The Kier molecular flexibility index (Phi) is 3.87. The van der Waals surface area contributed by atoms with Crippen molar-refractivity contribution in [3.05, 3.63) is 22.2 Å². The van der Waals surface area contributed by atoms with E-state index >= 15 is 0 Å². The van der Waals surface area contributed by atoms with Crippen LogP contribution in [-0.2, 0) is 0 Å². The fourth-order valence-corrected chi connectivity index (χ4v) is 2.17. The van der Waals surface area contributed by atoms with Crippen LogP contribution >= 0.6 is 0 Å². The third-order valence-corrected chi connectivity index (χ3v) is 3.46. The van der Waals surface area contributed by atoms with Gasteiger partial charge >= 0.3 is 0 Å². The van der Waals surface area contributed by atoms with Crippen molar-refractivity contribution in [2.24, 2.45) is 0 Å². The molecule has 0 unspecified atom stereocenters. The van der Waals surface area contributed by atoms with E-state index in [0.717, 1.165) is 25.8 Å². The largest absolute Gasteiger partial charge is 0.370 e. The SMILES string of the molecule is CCCNc1cc([N+](=O)[O-])cc(NC2(C)CCC2)n1. The molecule has 104 valence electrons. The van der Waals surface area contributed by atoms with E-state index in [9.17, 15) is 10.1 Å². The lowest BCUT2D eigenvalue weighted by atomic mass is 9.78. The van der Waals surface area contributed by atoms with Crippen molar-refractivity contribution in [1.29, 1.82) is 0 Å². The van der Waals surface area contributed by atoms with Gasteiger partial charge in [-0.25, -0.2) is 4.98 Å². The first-order valence-electron chi connectivity index (χ1n) is 6.71. The molecule has 0 aromatic carbocycles. The minimum Gasteiger partial charge on any atom is -0.370 e. The Labute approximate surface area is 112 Å². The maximum Gasteiger partial charge on any atom is 0.276 e. The number of nitro groups is 1. The van der Waals surface area contributed by atoms with E-state index in [4.69, 9.17) is 0 Å². The minimum atomic E-state index is -0.382. The van der Waals surface area contributed by atoms with E-state index in [1.54, 1.807) is 0 Å². The van der Waals surface area contributed by atoms with Crippen molar-refractivity contribution in [1.82, 2.24) is 4.98 Å². The fourth-order valence-electron chi connectivity index (χ4n) is 2.17. The Balaban J connectivity index is 2.20. The molecular weight excluding hydrogens is 244 g/mol. The molecule has 2 N–H and O–H groups in total. The summed E-state index contributed by atoms with van der Waals surface area (Å²) in [5.74, 6) is 1.14. The lowest BCUT2D eigenvalue weighted by molar-refractivity contribution is -0.384. The molecule has 0 bridgehead atoms. The second-order valence-corrected chi connectivity index (χ2v) is 5.32. The summed E-state index contributed by atoms with van der Waals surface area (Å²) in [6.45, 7) is 4.92. The summed E-state index contributed by atoms with van der Waals surface area (Å²) in [7, 11) is 0. The molecule has 1 heterocycles. The van der Waals surface area contributed by atoms with Gasteiger partial charge in [0.1, 0.15) is 11.6 Å². The van der Waals surface area contributed by atoms with Crippen LogP contribution in [0.15, 0.2) is 12.1 Å². The molecule has 1 saturated carbocycles. The van der Waals surface area contributed by atoms with Gasteiger partial charge in [-0.1, -0.05) is 6.92 Å². The third kappa shape index (κ3) is 3.33. The van der Waals surface area contributed by atoms with Gasteiger partial charge in [-0.3, -0.25) is 10.1 Å². The van der Waals surface area contributed by atoms with Gasteiger partial charge in [0.05, 0.1) is 17.1 Å². The second-order valence-electron chi connectivity index (χ2n) is 5.32. The highest BCUT2D eigenvalue weighted by molar-refractivity contribution is 5.55. The second kappa shape index (κ2) is 5.42. The van der Waals surface area contributed by atoms with Crippen molar-refractivity contribution in [2.75, 3.05) is 17.2 Å². The zero-order valence-corrected chi connectivity index (χ0v) is 11.4. The summed E-state index contributed by atoms with van der Waals surface area (Å²) in [6, 6.07) is 2.98. The molecule has 0 amide bonds. The zero-order valence-electron chi connectivity index (χ0n) is 11.4. The summed E-state index contributed by atoms with van der Waals surface area (Å²) >= 11 is 0. The summed E-state index contributed by atoms with van der Waals surface area (Å²) in [4.78, 5) is 15.0. The molecule has 6 heteroatoms. The van der Waals surface area contributed by atoms with Crippen molar-refractivity contribution < 1.29 is 4.92 Å². The molecule has 0 saturated heterocycles. The highest BCUT2D eigenvalue weighted by Crippen LogP contribution is 2.35. The molecule has 1 fully saturated rings. The molecule has 1 aromatic heterocycles. The van der Waals surface area contributed by atoms with Gasteiger partial charge < -0.3 is 10.6 Å². The highest BCUT2D eigenvalue weighted by atomic mass is 16.6. The first-order chi connectivity index (χ1) is 9.02. The molecule has 19 heavy (non-hydrogen) atoms. The molecular formula is C13H20N4O2. The number of nitrogens with one attached hydrogen (secondary N) is 2. The molecule has 1 aliphatic rings. The quantitative estimate of drug-likeness (QED) is 0.609. The zero-order chi connectivity index (χ0) is 13.9. The maximum absolute atomic E-state index is 11.0. The van der Waals surface area contributed by atoms with E-state index in [-0.39, 0.29) is 16.1 Å². The normalized spacial score (nSPS) is 16.5. The van der Waals surface area contributed by atoms with Gasteiger partial charge in [0.15, 0.2) is 0 Å². The predicted molar refractivity (Wildman–Crippen MR) is 75.6 cm³/mol. The minimum absolute atomic E-state index is 0.0320. The highest BCUT2D eigenvalue weighted by Gasteiger charge is 2.32. The van der Waals surface area contributed by atoms with Crippen LogP contribution in [0.1, 0.15) is 39.5 Å². The Morgan fingerprint density at radius 3 is 2.63 bits per heavy atom. The molecule has 0 aliphatic heterocycles. The van der Waals surface area contributed by atoms with Crippen LogP contribution in [0.25, 0.3) is 0 Å². The Morgan fingerprint density at radius 1 is 1.42 bits per heavy atom. The number of nitrogens with zero attached hydrogens (tertiary/aromatic N) is 2. The summed E-state index contributed by atoms with van der Waals surface area (Å²) < 4.78 is 0. The van der Waals surface area contributed by atoms with Crippen molar-refractivity contribution in [3.8, 4) is 0 Å². The van der Waals surface area contributed by atoms with Crippen LogP contribution in [0.2, 0.25) is 0 Å². The Bertz CT molecular complexity index is 472. The van der Waals surface area contributed by atoms with Gasteiger partial charge in [-0.2, -0.15) is 0 Å². The number of rotatable bonds is 6. The lowest BCUT2D eigenvalue weighted by Crippen LogP contribution is -2.41. The van der Waals surface area contributed by atoms with Crippen LogP contribution in [0.5, 0.6) is 0 Å². The van der Waals surface area contributed by atoms with Crippen LogP contribution < -0.4 is 10.6 Å². The van der Waals surface area contributed by atoms with Gasteiger partial charge in [-0.15, -0.1) is 0 Å². The van der Waals surface area contributed by atoms with Crippen LogP contribution in [0, 0.1) is 10.1 Å². The van der Waals surface area contributed by atoms with E-state index in [0.29, 0.717) is 11.6 Å². The average Bonchev–Trinajstić information content (AvgIpc) is 2.34. The summed E-state index contributed by atoms with van der Waals surface area (Å²) in [6.07, 6.45) is 4.30. The molecule has 2 rings (SSSR count). The van der Waals surface area contributed by atoms with E-state index < -0.39 is 0 Å². The van der Waals surface area contributed by atoms with Gasteiger partial charge in [-0.05, 0) is 32.6 Å². The molecule has 0 radical (unpaired) electrons. The Morgan fingerprint density at radius 2 is 2.11 bits per heavy atom. The lowest BCUT2D eigenvalue weighted by Gasteiger charge is -2.39. The van der Waals surface area contributed by atoms with Crippen LogP contribution in [-0.4, -0.2) is 22.0 Å². The molecule has 0 spiro atoms. The maximum atomic E-state index is 11.0. The Hall–Kier alpha value is -1.85. The van der Waals surface area contributed by atoms with E-state index in [1.165, 1.54) is 18.6 Å². The number of aromatic nitrogens is 1. The predicted octanol–water partition coefficient (Wildman–Crippen LogP) is 3.17. The topological polar surface area (TPSA) is 80.1 Å². The monoisotopic (exact) mass is 264 g/mol. The number of pyridine rings is 1. The third-order valence-electron chi connectivity index (χ3n) is 3.46. The van der Waals surface area contributed by atoms with Crippen LogP contribution in [0.3, 0.4) is 0 Å². The van der Waals surface area contributed by atoms with Gasteiger partial charge in [0.25, 0.3) is 5.69 Å². The van der Waals surface area contributed by atoms with E-state index in [1.807, 2.05) is 6.92 Å².